The third kappa shape index (κ3) is 2.78. The van der Waals surface area contributed by atoms with Gasteiger partial charge in [-0.2, -0.15) is 9.90 Å². The van der Waals surface area contributed by atoms with Crippen molar-refractivity contribution in [2.45, 2.75) is 13.5 Å². The van der Waals surface area contributed by atoms with Crippen molar-refractivity contribution in [3.8, 4) is 0 Å². The number of methoxy groups -OCH3 is 1. The average molecular weight is 328 g/mol. The maximum atomic E-state index is 12.6. The lowest BCUT2D eigenvalue weighted by atomic mass is 10.2. The van der Waals surface area contributed by atoms with Gasteiger partial charge in [0, 0.05) is 11.1 Å². The predicted molar refractivity (Wildman–Crippen MR) is 87.8 cm³/mol. The van der Waals surface area contributed by atoms with Gasteiger partial charge in [-0.1, -0.05) is 12.1 Å². The molecular weight excluding hydrogens is 312 g/mol. The Kier molecular flexibility index (Phi) is 3.90. The first-order valence-corrected chi connectivity index (χ1v) is 7.14. The fourth-order valence-electron chi connectivity index (χ4n) is 2.52. The van der Waals surface area contributed by atoms with Gasteiger partial charge in [0.2, 0.25) is 0 Å². The van der Waals surface area contributed by atoms with Gasteiger partial charge in [-0.3, -0.25) is 14.7 Å². The number of fused-ring (bicyclic) bond motifs is 1. The normalized spacial score (nSPS) is 10.8. The van der Waals surface area contributed by atoms with Crippen molar-refractivity contribution in [1.29, 1.82) is 0 Å². The minimum Gasteiger partial charge on any atom is -0.453 e. The van der Waals surface area contributed by atoms with E-state index in [1.807, 2.05) is 25.1 Å². The summed E-state index contributed by atoms with van der Waals surface area (Å²) in [5.74, 6) is -0.0381. The first-order valence-electron chi connectivity index (χ1n) is 7.14. The lowest BCUT2D eigenvalue weighted by Crippen LogP contribution is -2.21. The Bertz CT molecular complexity index is 927. The lowest BCUT2D eigenvalue weighted by molar-refractivity contribution is 0.0884. The number of ether oxygens (including phenoxy) is 1. The van der Waals surface area contributed by atoms with Gasteiger partial charge in [0.25, 0.3) is 5.91 Å². The standard InChI is InChI=1S/C15H16N6O3/c1-9-6-10-4-3-5-11(16)14(10)21(9)13(22)8-20-17-7-12(19-20)18-15(23)24-2/h3-7H,8,16H2,1-2H3,(H,18,19,23). The van der Waals surface area contributed by atoms with Gasteiger partial charge in [0.1, 0.15) is 6.54 Å². The Morgan fingerprint density at radius 3 is 2.92 bits per heavy atom. The number of carbonyl (C=O) groups excluding carboxylic acids is 2. The highest BCUT2D eigenvalue weighted by Gasteiger charge is 2.16. The van der Waals surface area contributed by atoms with Crippen LogP contribution in [-0.4, -0.2) is 38.7 Å². The molecule has 0 spiro atoms. The van der Waals surface area contributed by atoms with Crippen molar-refractivity contribution in [1.82, 2.24) is 19.6 Å². The molecule has 1 aromatic carbocycles. The van der Waals surface area contributed by atoms with E-state index in [2.05, 4.69) is 20.3 Å². The summed E-state index contributed by atoms with van der Waals surface area (Å²) in [7, 11) is 1.24. The Hall–Kier alpha value is -3.36. The molecule has 124 valence electrons. The summed E-state index contributed by atoms with van der Waals surface area (Å²) < 4.78 is 6.01. The number of amides is 1. The van der Waals surface area contributed by atoms with Crippen LogP contribution in [0.5, 0.6) is 0 Å². The summed E-state index contributed by atoms with van der Waals surface area (Å²) in [5.41, 5.74) is 7.96. The number of aryl methyl sites for hydroxylation is 1. The minimum absolute atomic E-state index is 0.0954. The van der Waals surface area contributed by atoms with Crippen LogP contribution in [0.2, 0.25) is 0 Å². The van der Waals surface area contributed by atoms with E-state index in [-0.39, 0.29) is 18.3 Å². The number of carbonyl (C=O) groups is 2. The van der Waals surface area contributed by atoms with Crippen molar-refractivity contribution in [2.24, 2.45) is 0 Å². The smallest absolute Gasteiger partial charge is 0.412 e. The highest BCUT2D eigenvalue weighted by atomic mass is 16.5. The number of rotatable bonds is 3. The fraction of sp³-hybridized carbons (Fsp3) is 0.200. The van der Waals surface area contributed by atoms with E-state index in [0.717, 1.165) is 11.1 Å². The van der Waals surface area contributed by atoms with E-state index < -0.39 is 6.09 Å². The Labute approximate surface area is 137 Å². The molecule has 9 heteroatoms. The number of para-hydroxylation sites is 1. The number of hydrogen-bond donors (Lipinski definition) is 2. The second-order valence-corrected chi connectivity index (χ2v) is 5.18. The molecule has 9 nitrogen and oxygen atoms in total. The number of nitrogen functional groups attached to an aromatic ring is 1. The van der Waals surface area contributed by atoms with Crippen LogP contribution in [-0.2, 0) is 11.3 Å². The second kappa shape index (κ2) is 6.03. The first-order chi connectivity index (χ1) is 11.5. The van der Waals surface area contributed by atoms with E-state index in [1.165, 1.54) is 18.1 Å². The van der Waals surface area contributed by atoms with Gasteiger partial charge < -0.3 is 10.5 Å². The maximum absolute atomic E-state index is 12.6. The predicted octanol–water partition coefficient (Wildman–Crippen LogP) is 1.64. The number of nitrogens with zero attached hydrogens (tertiary/aromatic N) is 4. The van der Waals surface area contributed by atoms with Gasteiger partial charge in [-0.25, -0.2) is 4.79 Å². The topological polar surface area (TPSA) is 117 Å². The molecule has 0 saturated carbocycles. The zero-order valence-corrected chi connectivity index (χ0v) is 13.2. The summed E-state index contributed by atoms with van der Waals surface area (Å²) >= 11 is 0. The SMILES string of the molecule is COC(=O)Nc1cnn(CC(=O)n2c(C)cc3cccc(N)c32)n1. The van der Waals surface area contributed by atoms with Crippen molar-refractivity contribution in [2.75, 3.05) is 18.2 Å². The highest BCUT2D eigenvalue weighted by Crippen LogP contribution is 2.25. The summed E-state index contributed by atoms with van der Waals surface area (Å²) in [6, 6.07) is 7.37. The Morgan fingerprint density at radius 2 is 2.17 bits per heavy atom. The quantitative estimate of drug-likeness (QED) is 0.706. The van der Waals surface area contributed by atoms with E-state index in [0.29, 0.717) is 11.2 Å². The van der Waals surface area contributed by atoms with Crippen LogP contribution in [0, 0.1) is 6.92 Å². The van der Waals surface area contributed by atoms with Gasteiger partial charge in [-0.15, -0.1) is 5.10 Å². The van der Waals surface area contributed by atoms with Crippen LogP contribution in [0.1, 0.15) is 10.5 Å². The number of aromatic nitrogens is 4. The minimum atomic E-state index is -0.659. The molecule has 0 aliphatic rings. The molecule has 0 fully saturated rings. The highest BCUT2D eigenvalue weighted by molar-refractivity contribution is 5.99. The van der Waals surface area contributed by atoms with Crippen molar-refractivity contribution in [3.05, 3.63) is 36.2 Å². The molecule has 0 radical (unpaired) electrons. The van der Waals surface area contributed by atoms with E-state index >= 15 is 0 Å². The van der Waals surface area contributed by atoms with Crippen LogP contribution in [0.15, 0.2) is 30.5 Å². The van der Waals surface area contributed by atoms with Crippen LogP contribution >= 0.6 is 0 Å². The van der Waals surface area contributed by atoms with Crippen molar-refractivity contribution < 1.29 is 14.3 Å². The molecule has 2 aromatic heterocycles. The summed E-state index contributed by atoms with van der Waals surface area (Å²) in [6.45, 7) is 1.74. The zero-order chi connectivity index (χ0) is 17.3. The van der Waals surface area contributed by atoms with Gasteiger partial charge in [0.05, 0.1) is 24.5 Å². The number of hydrogen-bond acceptors (Lipinski definition) is 6. The van der Waals surface area contributed by atoms with Crippen molar-refractivity contribution in [3.63, 3.8) is 0 Å². The molecule has 0 aliphatic heterocycles. The molecule has 0 aliphatic carbocycles. The summed E-state index contributed by atoms with van der Waals surface area (Å²) in [6.07, 6.45) is 0.674. The van der Waals surface area contributed by atoms with Crippen LogP contribution in [0.3, 0.4) is 0 Å². The van der Waals surface area contributed by atoms with Crippen LogP contribution in [0.4, 0.5) is 16.3 Å². The zero-order valence-electron chi connectivity index (χ0n) is 13.2. The second-order valence-electron chi connectivity index (χ2n) is 5.18. The number of benzene rings is 1. The van der Waals surface area contributed by atoms with Gasteiger partial charge >= 0.3 is 6.09 Å². The Balaban J connectivity index is 1.86. The molecule has 0 unspecified atom stereocenters. The first kappa shape index (κ1) is 15.5. The third-order valence-electron chi connectivity index (χ3n) is 3.52. The molecule has 3 N–H and O–H groups in total. The van der Waals surface area contributed by atoms with E-state index in [9.17, 15) is 9.59 Å². The molecule has 0 saturated heterocycles. The summed E-state index contributed by atoms with van der Waals surface area (Å²) in [4.78, 5) is 25.0. The van der Waals surface area contributed by atoms with Gasteiger partial charge in [0.15, 0.2) is 5.82 Å². The molecule has 0 bridgehead atoms. The van der Waals surface area contributed by atoms with Crippen LogP contribution < -0.4 is 11.1 Å². The average Bonchev–Trinajstić information content (AvgIpc) is 3.11. The molecule has 3 aromatic rings. The molecule has 2 heterocycles. The molecule has 24 heavy (non-hydrogen) atoms. The van der Waals surface area contributed by atoms with Crippen molar-refractivity contribution >= 4 is 34.4 Å². The fourth-order valence-corrected chi connectivity index (χ4v) is 2.52. The molecule has 1 amide bonds. The molecule has 3 rings (SSSR count). The maximum Gasteiger partial charge on any atom is 0.412 e. The lowest BCUT2D eigenvalue weighted by Gasteiger charge is -2.08. The molecule has 0 atom stereocenters. The number of nitrogens with two attached hydrogens (primary N) is 1. The van der Waals surface area contributed by atoms with Crippen LogP contribution in [0.25, 0.3) is 10.9 Å². The van der Waals surface area contributed by atoms with Gasteiger partial charge in [-0.05, 0) is 19.1 Å². The summed E-state index contributed by atoms with van der Waals surface area (Å²) in [5, 5.41) is 11.2. The Morgan fingerprint density at radius 1 is 1.38 bits per heavy atom. The largest absolute Gasteiger partial charge is 0.453 e. The van der Waals surface area contributed by atoms with E-state index in [1.54, 1.807) is 10.6 Å². The monoisotopic (exact) mass is 328 g/mol. The third-order valence-corrected chi connectivity index (χ3v) is 3.52. The number of anilines is 2. The number of nitrogens with one attached hydrogen (secondary N) is 1. The van der Waals surface area contributed by atoms with E-state index in [4.69, 9.17) is 5.73 Å². The molecular formula is C15H16N6O3.